The zero-order valence-corrected chi connectivity index (χ0v) is 17.2. The Hall–Kier alpha value is -2.01. The van der Waals surface area contributed by atoms with Gasteiger partial charge in [-0.15, -0.1) is 0 Å². The van der Waals surface area contributed by atoms with Crippen LogP contribution in [-0.4, -0.2) is 54.3 Å². The van der Waals surface area contributed by atoms with Crippen molar-refractivity contribution in [2.75, 3.05) is 26.7 Å². The van der Waals surface area contributed by atoms with Gasteiger partial charge in [-0.25, -0.2) is 4.79 Å². The first-order valence-corrected chi connectivity index (χ1v) is 9.87. The first-order valence-electron chi connectivity index (χ1n) is 9.87. The Labute approximate surface area is 162 Å². The molecule has 1 amide bonds. The van der Waals surface area contributed by atoms with Gasteiger partial charge in [-0.2, -0.15) is 0 Å². The van der Waals surface area contributed by atoms with Gasteiger partial charge >= 0.3 is 6.09 Å². The minimum atomic E-state index is -0.512. The molecule has 2 aliphatic rings. The van der Waals surface area contributed by atoms with Crippen LogP contribution in [0.4, 0.5) is 4.79 Å². The van der Waals surface area contributed by atoms with Crippen LogP contribution in [0.1, 0.15) is 46.1 Å². The molecule has 0 bridgehead atoms. The summed E-state index contributed by atoms with van der Waals surface area (Å²) in [5, 5.41) is 0. The molecule has 2 heterocycles. The Morgan fingerprint density at radius 3 is 2.67 bits per heavy atom. The Balaban J connectivity index is 1.80. The van der Waals surface area contributed by atoms with Crippen LogP contribution in [0.15, 0.2) is 30.3 Å². The van der Waals surface area contributed by atoms with E-state index >= 15 is 0 Å². The highest BCUT2D eigenvalue weighted by molar-refractivity contribution is 5.83. The number of carbonyl (C=O) groups excluding carboxylic acids is 1. The van der Waals surface area contributed by atoms with Gasteiger partial charge in [0, 0.05) is 25.2 Å². The minimum Gasteiger partial charge on any atom is -0.489 e. The van der Waals surface area contributed by atoms with Crippen LogP contribution in [-0.2, 0) is 4.74 Å². The lowest BCUT2D eigenvalue weighted by Crippen LogP contribution is -2.39. The monoisotopic (exact) mass is 372 g/mol. The number of likely N-dealkylation sites (N-methyl/N-ethyl adjacent to an activating group) is 1. The van der Waals surface area contributed by atoms with Gasteiger partial charge < -0.3 is 14.4 Å². The van der Waals surface area contributed by atoms with E-state index in [1.807, 2.05) is 45.0 Å². The molecule has 0 N–H and O–H groups in total. The van der Waals surface area contributed by atoms with Gasteiger partial charge in [-0.05, 0) is 58.7 Å². The summed E-state index contributed by atoms with van der Waals surface area (Å²) in [7, 11) is 2.12. The average molecular weight is 373 g/mol. The number of hydrogen-bond donors (Lipinski definition) is 0. The lowest BCUT2D eigenvalue weighted by atomic mass is 9.98. The summed E-state index contributed by atoms with van der Waals surface area (Å²) in [4.78, 5) is 16.8. The van der Waals surface area contributed by atoms with Crippen LogP contribution >= 0.6 is 0 Å². The molecule has 2 aliphatic heterocycles. The van der Waals surface area contributed by atoms with Crippen molar-refractivity contribution in [1.82, 2.24) is 9.80 Å². The van der Waals surface area contributed by atoms with Gasteiger partial charge in [-0.3, -0.25) is 4.90 Å². The van der Waals surface area contributed by atoms with Crippen LogP contribution in [0.3, 0.4) is 0 Å². The van der Waals surface area contributed by atoms with Crippen LogP contribution in [0.5, 0.6) is 5.75 Å². The molecule has 1 saturated heterocycles. The number of likely N-dealkylation sites (tertiary alicyclic amines) is 1. The normalized spacial score (nSPS) is 23.9. The van der Waals surface area contributed by atoms with E-state index in [0.29, 0.717) is 12.5 Å². The summed E-state index contributed by atoms with van der Waals surface area (Å²) in [6, 6.07) is 8.06. The first-order chi connectivity index (χ1) is 12.7. The number of nitrogens with zero attached hydrogens (tertiary/aromatic N) is 2. The maximum absolute atomic E-state index is 12.8. The topological polar surface area (TPSA) is 42.0 Å². The number of rotatable bonds is 3. The van der Waals surface area contributed by atoms with E-state index in [1.165, 1.54) is 0 Å². The molecule has 148 valence electrons. The maximum atomic E-state index is 12.8. The number of carbonyl (C=O) groups is 1. The Morgan fingerprint density at radius 1 is 1.22 bits per heavy atom. The molecule has 1 aromatic carbocycles. The van der Waals surface area contributed by atoms with Gasteiger partial charge in [0.2, 0.25) is 0 Å². The fraction of sp³-hybridized carbons (Fsp3) is 0.591. The molecule has 2 atom stereocenters. The molecule has 0 aliphatic carbocycles. The Kier molecular flexibility index (Phi) is 5.80. The van der Waals surface area contributed by atoms with Crippen LogP contribution in [0.25, 0.3) is 5.70 Å². The van der Waals surface area contributed by atoms with Gasteiger partial charge in [-0.1, -0.05) is 25.1 Å². The lowest BCUT2D eigenvalue weighted by molar-refractivity contribution is 0.0327. The molecule has 3 rings (SSSR count). The molecule has 1 aromatic rings. The van der Waals surface area contributed by atoms with Crippen LogP contribution in [0.2, 0.25) is 0 Å². The molecule has 0 radical (unpaired) electrons. The van der Waals surface area contributed by atoms with Gasteiger partial charge in [0.1, 0.15) is 17.5 Å². The summed E-state index contributed by atoms with van der Waals surface area (Å²) in [5.41, 5.74) is 1.40. The molecule has 0 spiro atoms. The average Bonchev–Trinajstić information content (AvgIpc) is 2.98. The predicted octanol–water partition coefficient (Wildman–Crippen LogP) is 4.39. The van der Waals surface area contributed by atoms with Crippen LogP contribution in [0, 0.1) is 5.92 Å². The smallest absolute Gasteiger partial charge is 0.414 e. The van der Waals surface area contributed by atoms with Crippen molar-refractivity contribution in [3.05, 3.63) is 35.9 Å². The minimum absolute atomic E-state index is 0.229. The molecular formula is C22H32N2O3. The highest BCUT2D eigenvalue weighted by Crippen LogP contribution is 2.31. The predicted molar refractivity (Wildman–Crippen MR) is 108 cm³/mol. The Morgan fingerprint density at radius 2 is 2.00 bits per heavy atom. The van der Waals surface area contributed by atoms with E-state index in [9.17, 15) is 4.79 Å². The van der Waals surface area contributed by atoms with Crippen molar-refractivity contribution in [1.29, 1.82) is 0 Å². The summed E-state index contributed by atoms with van der Waals surface area (Å²) >= 11 is 0. The highest BCUT2D eigenvalue weighted by Gasteiger charge is 2.29. The van der Waals surface area contributed by atoms with Gasteiger partial charge in [0.15, 0.2) is 0 Å². The molecule has 5 nitrogen and oxygen atoms in total. The van der Waals surface area contributed by atoms with Crippen molar-refractivity contribution in [3.8, 4) is 5.75 Å². The number of ether oxygens (including phenoxy) is 2. The largest absolute Gasteiger partial charge is 0.489 e. The molecule has 1 fully saturated rings. The van der Waals surface area contributed by atoms with Crippen LogP contribution < -0.4 is 4.74 Å². The highest BCUT2D eigenvalue weighted by atomic mass is 16.6. The van der Waals surface area contributed by atoms with Crippen molar-refractivity contribution < 1.29 is 14.3 Å². The molecular weight excluding hydrogens is 340 g/mol. The van der Waals surface area contributed by atoms with Crippen molar-refractivity contribution in [2.45, 2.75) is 52.2 Å². The second-order valence-electron chi connectivity index (χ2n) is 8.84. The van der Waals surface area contributed by atoms with E-state index in [0.717, 1.165) is 42.9 Å². The number of benzene rings is 1. The zero-order chi connectivity index (χ0) is 19.6. The van der Waals surface area contributed by atoms with E-state index in [4.69, 9.17) is 9.47 Å². The summed E-state index contributed by atoms with van der Waals surface area (Å²) in [6.07, 6.45) is 4.08. The molecule has 0 aromatic heterocycles. The third-order valence-electron chi connectivity index (χ3n) is 4.89. The number of allylic oxidation sites excluding steroid dienone is 1. The van der Waals surface area contributed by atoms with Crippen molar-refractivity contribution in [2.24, 2.45) is 5.92 Å². The number of hydrogen-bond acceptors (Lipinski definition) is 4. The van der Waals surface area contributed by atoms with E-state index in [-0.39, 0.29) is 12.2 Å². The lowest BCUT2D eigenvalue weighted by Gasteiger charge is -2.34. The zero-order valence-electron chi connectivity index (χ0n) is 17.2. The summed E-state index contributed by atoms with van der Waals surface area (Å²) < 4.78 is 11.8. The summed E-state index contributed by atoms with van der Waals surface area (Å²) in [6.45, 7) is 10.5. The van der Waals surface area contributed by atoms with Gasteiger partial charge in [0.25, 0.3) is 0 Å². The molecule has 5 heteroatoms. The Bertz CT molecular complexity index is 708. The van der Waals surface area contributed by atoms with E-state index in [1.54, 1.807) is 4.90 Å². The molecule has 27 heavy (non-hydrogen) atoms. The van der Waals surface area contributed by atoms with E-state index in [2.05, 4.69) is 24.9 Å². The fourth-order valence-corrected chi connectivity index (χ4v) is 3.58. The van der Waals surface area contributed by atoms with Crippen molar-refractivity contribution in [3.63, 3.8) is 0 Å². The maximum Gasteiger partial charge on any atom is 0.414 e. The second-order valence-corrected chi connectivity index (χ2v) is 8.84. The molecule has 0 unspecified atom stereocenters. The number of amides is 1. The second kappa shape index (κ2) is 7.93. The standard InChI is InChI=1S/C22H32N2O3/c1-16-9-10-20(24(14-16)21(25)27-22(2,3)4)17-7-6-8-18(13-17)26-19-11-12-23(5)15-19/h6-8,10,13,16,19H,9,11-12,14-15H2,1-5H3/t16-,19-/m0/s1. The first kappa shape index (κ1) is 19.7. The SMILES string of the molecule is C[C@H]1CC=C(c2cccc(O[C@H]3CCN(C)C3)c2)N(C(=O)OC(C)(C)C)C1. The quantitative estimate of drug-likeness (QED) is 0.789. The van der Waals surface area contributed by atoms with Gasteiger partial charge in [0.05, 0.1) is 5.70 Å². The van der Waals surface area contributed by atoms with Crippen molar-refractivity contribution >= 4 is 11.8 Å². The third-order valence-corrected chi connectivity index (χ3v) is 4.89. The molecule has 0 saturated carbocycles. The fourth-order valence-electron chi connectivity index (χ4n) is 3.58. The van der Waals surface area contributed by atoms with E-state index < -0.39 is 5.60 Å². The summed E-state index contributed by atoms with van der Waals surface area (Å²) in [5.74, 6) is 1.27. The third kappa shape index (κ3) is 5.25.